The predicted molar refractivity (Wildman–Crippen MR) is 88.5 cm³/mol. The van der Waals surface area contributed by atoms with Crippen molar-refractivity contribution in [3.8, 4) is 0 Å². The third-order valence-electron chi connectivity index (χ3n) is 2.95. The zero-order chi connectivity index (χ0) is 15.8. The van der Waals surface area contributed by atoms with E-state index in [1.807, 2.05) is 0 Å². The number of sulfonamides is 1. The summed E-state index contributed by atoms with van der Waals surface area (Å²) in [6, 6.07) is 7.71. The highest BCUT2D eigenvalue weighted by Gasteiger charge is 2.19. The highest BCUT2D eigenvalue weighted by atomic mass is 79.9. The molecule has 0 spiro atoms. The Kier molecular flexibility index (Phi) is 4.75. The Bertz CT molecular complexity index is 807. The van der Waals surface area contributed by atoms with E-state index in [-0.39, 0.29) is 9.37 Å². The van der Waals surface area contributed by atoms with E-state index in [9.17, 15) is 12.8 Å². The third-order valence-corrected chi connectivity index (χ3v) is 5.56. The Labute approximate surface area is 139 Å². The van der Waals surface area contributed by atoms with Gasteiger partial charge in [0.05, 0.1) is 15.1 Å². The van der Waals surface area contributed by atoms with Crippen LogP contribution in [0.2, 0.25) is 0 Å². The second-order valence-electron chi connectivity index (χ2n) is 4.60. The van der Waals surface area contributed by atoms with Crippen LogP contribution in [0.25, 0.3) is 0 Å². The first-order chi connectivity index (χ1) is 9.70. The fourth-order valence-electron chi connectivity index (χ4n) is 1.82. The van der Waals surface area contributed by atoms with Gasteiger partial charge in [0.1, 0.15) is 5.82 Å². The van der Waals surface area contributed by atoms with E-state index in [1.165, 1.54) is 18.2 Å². The fourth-order valence-corrected chi connectivity index (χ4v) is 4.07. The molecule has 0 aromatic heterocycles. The Balaban J connectivity index is 2.47. The van der Waals surface area contributed by atoms with Crippen LogP contribution >= 0.6 is 31.9 Å². The molecular formula is C14H12Br2FNO2S. The number of anilines is 1. The molecular weight excluding hydrogens is 425 g/mol. The minimum Gasteiger partial charge on any atom is -0.279 e. The Morgan fingerprint density at radius 3 is 2.38 bits per heavy atom. The van der Waals surface area contributed by atoms with Crippen molar-refractivity contribution in [2.75, 3.05) is 4.72 Å². The normalized spacial score (nSPS) is 11.5. The third kappa shape index (κ3) is 3.64. The first kappa shape index (κ1) is 16.5. The molecule has 0 saturated heterocycles. The Morgan fingerprint density at radius 2 is 1.71 bits per heavy atom. The van der Waals surface area contributed by atoms with Crippen molar-refractivity contribution in [2.24, 2.45) is 0 Å². The van der Waals surface area contributed by atoms with Gasteiger partial charge in [0.15, 0.2) is 0 Å². The van der Waals surface area contributed by atoms with Crippen LogP contribution in [0.1, 0.15) is 11.1 Å². The minimum atomic E-state index is -3.74. The molecule has 0 bridgehead atoms. The first-order valence-electron chi connectivity index (χ1n) is 5.95. The molecule has 0 atom stereocenters. The summed E-state index contributed by atoms with van der Waals surface area (Å²) >= 11 is 6.31. The Hall–Kier alpha value is -0.920. The van der Waals surface area contributed by atoms with Crippen molar-refractivity contribution in [1.82, 2.24) is 0 Å². The van der Waals surface area contributed by atoms with Gasteiger partial charge in [-0.05, 0) is 65.2 Å². The lowest BCUT2D eigenvalue weighted by Crippen LogP contribution is -2.15. The fraction of sp³-hybridized carbons (Fsp3) is 0.143. The number of halogens is 3. The van der Waals surface area contributed by atoms with Crippen molar-refractivity contribution in [3.05, 3.63) is 56.2 Å². The molecule has 1 N–H and O–H groups in total. The van der Waals surface area contributed by atoms with Crippen molar-refractivity contribution >= 4 is 47.6 Å². The number of hydrogen-bond acceptors (Lipinski definition) is 2. The van der Waals surface area contributed by atoms with Crippen molar-refractivity contribution in [2.45, 2.75) is 18.7 Å². The van der Waals surface area contributed by atoms with Gasteiger partial charge < -0.3 is 0 Å². The van der Waals surface area contributed by atoms with Gasteiger partial charge in [-0.3, -0.25) is 4.72 Å². The molecule has 0 aliphatic heterocycles. The van der Waals surface area contributed by atoms with E-state index in [2.05, 4.69) is 36.6 Å². The van der Waals surface area contributed by atoms with Gasteiger partial charge in [-0.25, -0.2) is 12.8 Å². The van der Waals surface area contributed by atoms with Crippen LogP contribution in [0.4, 0.5) is 10.1 Å². The monoisotopic (exact) mass is 435 g/mol. The summed E-state index contributed by atoms with van der Waals surface area (Å²) in [7, 11) is -3.74. The topological polar surface area (TPSA) is 46.2 Å². The quantitative estimate of drug-likeness (QED) is 0.753. The van der Waals surface area contributed by atoms with Crippen LogP contribution in [-0.4, -0.2) is 8.42 Å². The standard InChI is InChI=1S/C14H12Br2FNO2S/c1-8-3-4-10(15)6-14(8)21(19,20)18-13-7-11(16)12(17)5-9(13)2/h3-7,18H,1-2H3. The number of hydrogen-bond donors (Lipinski definition) is 1. The van der Waals surface area contributed by atoms with Gasteiger partial charge in [0, 0.05) is 4.47 Å². The van der Waals surface area contributed by atoms with Gasteiger partial charge in [-0.1, -0.05) is 22.0 Å². The maximum Gasteiger partial charge on any atom is 0.262 e. The van der Waals surface area contributed by atoms with Gasteiger partial charge in [0.25, 0.3) is 10.0 Å². The Morgan fingerprint density at radius 1 is 1.05 bits per heavy atom. The summed E-state index contributed by atoms with van der Waals surface area (Å²) in [5.41, 5.74) is 1.47. The SMILES string of the molecule is Cc1cc(F)c(Br)cc1NS(=O)(=O)c1cc(Br)ccc1C. The van der Waals surface area contributed by atoms with Gasteiger partial charge >= 0.3 is 0 Å². The first-order valence-corrected chi connectivity index (χ1v) is 9.02. The molecule has 0 aliphatic carbocycles. The second kappa shape index (κ2) is 6.06. The maximum atomic E-state index is 13.4. The van der Waals surface area contributed by atoms with E-state index in [0.29, 0.717) is 21.3 Å². The van der Waals surface area contributed by atoms with E-state index in [0.717, 1.165) is 0 Å². The molecule has 0 fully saturated rings. The van der Waals surface area contributed by atoms with Crippen LogP contribution in [0, 0.1) is 19.7 Å². The molecule has 0 unspecified atom stereocenters. The maximum absolute atomic E-state index is 13.4. The minimum absolute atomic E-state index is 0.178. The van der Waals surface area contributed by atoms with E-state index in [4.69, 9.17) is 0 Å². The lowest BCUT2D eigenvalue weighted by atomic mass is 10.2. The largest absolute Gasteiger partial charge is 0.279 e. The predicted octanol–water partition coefficient (Wildman–Crippen LogP) is 4.77. The summed E-state index contributed by atoms with van der Waals surface area (Å²) in [6.45, 7) is 3.36. The molecule has 0 aliphatic rings. The van der Waals surface area contributed by atoms with E-state index >= 15 is 0 Å². The van der Waals surface area contributed by atoms with Crippen molar-refractivity contribution in [3.63, 3.8) is 0 Å². The van der Waals surface area contributed by atoms with Crippen LogP contribution in [0.3, 0.4) is 0 Å². The highest BCUT2D eigenvalue weighted by molar-refractivity contribution is 9.10. The average molecular weight is 437 g/mol. The van der Waals surface area contributed by atoms with Gasteiger partial charge in [-0.2, -0.15) is 0 Å². The second-order valence-corrected chi connectivity index (χ2v) is 8.02. The molecule has 0 radical (unpaired) electrons. The van der Waals surface area contributed by atoms with Crippen molar-refractivity contribution in [1.29, 1.82) is 0 Å². The van der Waals surface area contributed by atoms with Crippen LogP contribution in [0.5, 0.6) is 0 Å². The summed E-state index contributed by atoms with van der Waals surface area (Å²) in [6.07, 6.45) is 0. The van der Waals surface area contributed by atoms with Crippen molar-refractivity contribution < 1.29 is 12.8 Å². The molecule has 0 heterocycles. The van der Waals surface area contributed by atoms with Crippen LogP contribution in [-0.2, 0) is 10.0 Å². The number of rotatable bonds is 3. The molecule has 0 saturated carbocycles. The molecule has 0 amide bonds. The number of nitrogens with one attached hydrogen (secondary N) is 1. The molecule has 3 nitrogen and oxygen atoms in total. The smallest absolute Gasteiger partial charge is 0.262 e. The number of aryl methyl sites for hydroxylation is 2. The van der Waals surface area contributed by atoms with Crippen LogP contribution < -0.4 is 4.72 Å². The summed E-state index contributed by atoms with van der Waals surface area (Å²) in [5, 5.41) is 0. The lowest BCUT2D eigenvalue weighted by molar-refractivity contribution is 0.600. The molecule has 2 aromatic rings. The molecule has 21 heavy (non-hydrogen) atoms. The average Bonchev–Trinajstić information content (AvgIpc) is 2.38. The molecule has 7 heteroatoms. The summed E-state index contributed by atoms with van der Waals surface area (Å²) < 4.78 is 41.7. The molecule has 2 rings (SSSR count). The number of benzene rings is 2. The van der Waals surface area contributed by atoms with E-state index in [1.54, 1.807) is 26.0 Å². The molecule has 2 aromatic carbocycles. The van der Waals surface area contributed by atoms with E-state index < -0.39 is 15.8 Å². The zero-order valence-electron chi connectivity index (χ0n) is 11.2. The lowest BCUT2D eigenvalue weighted by Gasteiger charge is -2.13. The summed E-state index contributed by atoms with van der Waals surface area (Å²) in [5.74, 6) is -0.436. The van der Waals surface area contributed by atoms with Crippen LogP contribution in [0.15, 0.2) is 44.2 Å². The molecule has 112 valence electrons. The summed E-state index contributed by atoms with van der Waals surface area (Å²) in [4.78, 5) is 0.178. The zero-order valence-corrected chi connectivity index (χ0v) is 15.2. The van der Waals surface area contributed by atoms with Gasteiger partial charge in [0.2, 0.25) is 0 Å². The highest BCUT2D eigenvalue weighted by Crippen LogP contribution is 2.28. The van der Waals surface area contributed by atoms with Gasteiger partial charge in [-0.15, -0.1) is 0 Å².